The molecule has 98 valence electrons. The Hall–Kier alpha value is -2.36. The lowest BCUT2D eigenvalue weighted by Gasteiger charge is -2.02. The summed E-state index contributed by atoms with van der Waals surface area (Å²) >= 11 is 0. The molecule has 0 saturated heterocycles. The first-order valence-electron chi connectivity index (χ1n) is 6.14. The van der Waals surface area contributed by atoms with Crippen LogP contribution in [0.3, 0.4) is 0 Å². The summed E-state index contributed by atoms with van der Waals surface area (Å²) < 4.78 is 1.70. The molecule has 19 heavy (non-hydrogen) atoms. The molecule has 0 spiro atoms. The van der Waals surface area contributed by atoms with Crippen LogP contribution in [-0.4, -0.2) is 20.9 Å². The van der Waals surface area contributed by atoms with Gasteiger partial charge in [-0.15, -0.1) is 0 Å². The average Bonchev–Trinajstić information content (AvgIpc) is 2.76. The highest BCUT2D eigenvalue weighted by atomic mass is 16.4. The largest absolute Gasteiger partial charge is 0.478 e. The van der Waals surface area contributed by atoms with E-state index in [9.17, 15) is 9.90 Å². The molecule has 1 heterocycles. The number of aromatic nitrogens is 2. The predicted molar refractivity (Wildman–Crippen MR) is 74.5 cm³/mol. The molecule has 1 N–H and O–H groups in total. The molecular formula is C15H16N2O2. The summed E-state index contributed by atoms with van der Waals surface area (Å²) in [7, 11) is 1.83. The van der Waals surface area contributed by atoms with Gasteiger partial charge in [-0.05, 0) is 18.1 Å². The van der Waals surface area contributed by atoms with E-state index in [1.54, 1.807) is 22.9 Å². The minimum Gasteiger partial charge on any atom is -0.478 e. The van der Waals surface area contributed by atoms with E-state index in [4.69, 9.17) is 0 Å². The first-order valence-corrected chi connectivity index (χ1v) is 6.14. The molecule has 0 bridgehead atoms. The van der Waals surface area contributed by atoms with Gasteiger partial charge in [0.25, 0.3) is 0 Å². The Balaban J connectivity index is 2.50. The van der Waals surface area contributed by atoms with Crippen molar-refractivity contribution in [2.75, 3.05) is 0 Å². The van der Waals surface area contributed by atoms with E-state index in [1.165, 1.54) is 0 Å². The molecule has 4 heteroatoms. The van der Waals surface area contributed by atoms with Crippen LogP contribution >= 0.6 is 0 Å². The van der Waals surface area contributed by atoms with Crippen molar-refractivity contribution in [1.82, 2.24) is 9.78 Å². The Morgan fingerprint density at radius 2 is 2.05 bits per heavy atom. The van der Waals surface area contributed by atoms with E-state index >= 15 is 0 Å². The van der Waals surface area contributed by atoms with Crippen LogP contribution in [0.25, 0.3) is 11.6 Å². The van der Waals surface area contributed by atoms with Gasteiger partial charge in [-0.3, -0.25) is 4.68 Å². The lowest BCUT2D eigenvalue weighted by molar-refractivity contribution is -0.130. The summed E-state index contributed by atoms with van der Waals surface area (Å²) in [6, 6.07) is 9.11. The number of aryl methyl sites for hydroxylation is 2. The molecule has 0 aliphatic rings. The van der Waals surface area contributed by atoms with Crippen molar-refractivity contribution in [1.29, 1.82) is 0 Å². The molecule has 0 unspecified atom stereocenters. The van der Waals surface area contributed by atoms with Gasteiger partial charge in [0.1, 0.15) is 0 Å². The van der Waals surface area contributed by atoms with Gasteiger partial charge in [-0.2, -0.15) is 5.10 Å². The zero-order chi connectivity index (χ0) is 13.8. The van der Waals surface area contributed by atoms with Crippen molar-refractivity contribution in [2.24, 2.45) is 7.05 Å². The summed E-state index contributed by atoms with van der Waals surface area (Å²) in [5.41, 5.74) is 2.73. The molecule has 1 aromatic heterocycles. The Bertz CT molecular complexity index is 612. The fourth-order valence-electron chi connectivity index (χ4n) is 1.99. The zero-order valence-electron chi connectivity index (χ0n) is 11.0. The van der Waals surface area contributed by atoms with E-state index in [2.05, 4.69) is 5.10 Å². The molecule has 4 nitrogen and oxygen atoms in total. The molecular weight excluding hydrogens is 240 g/mol. The van der Waals surface area contributed by atoms with Crippen LogP contribution in [0.1, 0.15) is 23.7 Å². The summed E-state index contributed by atoms with van der Waals surface area (Å²) in [6.07, 6.45) is 4.29. The van der Waals surface area contributed by atoms with Crippen LogP contribution in [0.15, 0.2) is 36.5 Å². The molecule has 2 rings (SSSR count). The third-order valence-corrected chi connectivity index (χ3v) is 2.89. The molecule has 0 fully saturated rings. The number of carbonyl (C=O) groups is 1. The van der Waals surface area contributed by atoms with Gasteiger partial charge >= 0.3 is 5.97 Å². The topological polar surface area (TPSA) is 55.1 Å². The van der Waals surface area contributed by atoms with E-state index in [0.29, 0.717) is 5.56 Å². The molecule has 0 saturated carbocycles. The van der Waals surface area contributed by atoms with Gasteiger partial charge in [-0.25, -0.2) is 4.79 Å². The number of carboxylic acid groups (broad SMARTS) is 1. The maximum atomic E-state index is 11.4. The number of aliphatic carboxylic acids is 1. The van der Waals surface area contributed by atoms with Crippen molar-refractivity contribution in [3.05, 3.63) is 53.3 Å². The molecule has 0 atom stereocenters. The van der Waals surface area contributed by atoms with E-state index in [-0.39, 0.29) is 5.57 Å². The van der Waals surface area contributed by atoms with Gasteiger partial charge in [0.2, 0.25) is 0 Å². The lowest BCUT2D eigenvalue weighted by atomic mass is 10.0. The third-order valence-electron chi connectivity index (χ3n) is 2.89. The smallest absolute Gasteiger partial charge is 0.336 e. The fourth-order valence-corrected chi connectivity index (χ4v) is 1.99. The second kappa shape index (κ2) is 5.52. The second-order valence-electron chi connectivity index (χ2n) is 4.29. The Morgan fingerprint density at radius 1 is 1.37 bits per heavy atom. The standard InChI is InChI=1S/C15H16N2O2/c1-3-14-12(10-17(2)16-14)9-13(15(18)19)11-7-5-4-6-8-11/h4-10H,3H2,1-2H3,(H,18,19)/b13-9+. The Labute approximate surface area is 112 Å². The quantitative estimate of drug-likeness (QED) is 0.855. The van der Waals surface area contributed by atoms with Gasteiger partial charge in [0.05, 0.1) is 11.3 Å². The summed E-state index contributed by atoms with van der Waals surface area (Å²) in [6.45, 7) is 2.00. The molecule has 0 amide bonds. The summed E-state index contributed by atoms with van der Waals surface area (Å²) in [4.78, 5) is 11.4. The van der Waals surface area contributed by atoms with E-state index < -0.39 is 5.97 Å². The highest BCUT2D eigenvalue weighted by Gasteiger charge is 2.12. The van der Waals surface area contributed by atoms with Gasteiger partial charge < -0.3 is 5.11 Å². The monoisotopic (exact) mass is 256 g/mol. The van der Waals surface area contributed by atoms with Crippen molar-refractivity contribution < 1.29 is 9.90 Å². The van der Waals surface area contributed by atoms with Crippen LogP contribution in [0.2, 0.25) is 0 Å². The summed E-state index contributed by atoms with van der Waals surface area (Å²) in [5, 5.41) is 13.7. The van der Waals surface area contributed by atoms with Crippen LogP contribution in [0.5, 0.6) is 0 Å². The van der Waals surface area contributed by atoms with E-state index in [0.717, 1.165) is 17.7 Å². The Kier molecular flexibility index (Phi) is 3.80. The highest BCUT2D eigenvalue weighted by molar-refractivity contribution is 6.20. The lowest BCUT2D eigenvalue weighted by Crippen LogP contribution is -1.99. The summed E-state index contributed by atoms with van der Waals surface area (Å²) in [5.74, 6) is -0.933. The maximum Gasteiger partial charge on any atom is 0.336 e. The highest BCUT2D eigenvalue weighted by Crippen LogP contribution is 2.20. The number of carboxylic acids is 1. The third kappa shape index (κ3) is 2.91. The first kappa shape index (κ1) is 13.1. The number of rotatable bonds is 4. The van der Waals surface area contributed by atoms with Gasteiger partial charge in [0, 0.05) is 18.8 Å². The maximum absolute atomic E-state index is 11.4. The molecule has 2 aromatic rings. The molecule has 0 radical (unpaired) electrons. The number of hydrogen-bond donors (Lipinski definition) is 1. The van der Waals surface area contributed by atoms with Crippen LogP contribution in [0, 0.1) is 0 Å². The first-order chi connectivity index (χ1) is 9.11. The predicted octanol–water partition coefficient (Wildman–Crippen LogP) is 2.61. The normalized spacial score (nSPS) is 11.6. The molecule has 0 aliphatic heterocycles. The average molecular weight is 256 g/mol. The molecule has 0 aliphatic carbocycles. The zero-order valence-corrected chi connectivity index (χ0v) is 11.0. The fraction of sp³-hybridized carbons (Fsp3) is 0.200. The van der Waals surface area contributed by atoms with Crippen LogP contribution in [-0.2, 0) is 18.3 Å². The van der Waals surface area contributed by atoms with Gasteiger partial charge in [0.15, 0.2) is 0 Å². The van der Waals surface area contributed by atoms with Gasteiger partial charge in [-0.1, -0.05) is 37.3 Å². The van der Waals surface area contributed by atoms with Crippen LogP contribution in [0.4, 0.5) is 0 Å². The second-order valence-corrected chi connectivity index (χ2v) is 4.29. The van der Waals surface area contributed by atoms with Crippen LogP contribution < -0.4 is 0 Å². The SMILES string of the molecule is CCc1nn(C)cc1/C=C(/C(=O)O)c1ccccc1. The Morgan fingerprint density at radius 3 is 2.63 bits per heavy atom. The minimum absolute atomic E-state index is 0.281. The number of nitrogens with zero attached hydrogens (tertiary/aromatic N) is 2. The van der Waals surface area contributed by atoms with Crippen molar-refractivity contribution in [3.63, 3.8) is 0 Å². The number of hydrogen-bond acceptors (Lipinski definition) is 2. The minimum atomic E-state index is -0.933. The van der Waals surface area contributed by atoms with Crippen molar-refractivity contribution >= 4 is 17.6 Å². The van der Waals surface area contributed by atoms with Crippen molar-refractivity contribution in [2.45, 2.75) is 13.3 Å². The van der Waals surface area contributed by atoms with E-state index in [1.807, 2.05) is 38.4 Å². The van der Waals surface area contributed by atoms with Crippen molar-refractivity contribution in [3.8, 4) is 0 Å². The number of benzene rings is 1. The molecule has 1 aromatic carbocycles.